The second-order valence-corrected chi connectivity index (χ2v) is 8.51. The second-order valence-electron chi connectivity index (χ2n) is 8.51. The van der Waals surface area contributed by atoms with E-state index < -0.39 is 12.0 Å². The highest BCUT2D eigenvalue weighted by atomic mass is 16.3. The number of rotatable bonds is 6. The van der Waals surface area contributed by atoms with Gasteiger partial charge in [-0.25, -0.2) is 0 Å². The molecule has 31 heavy (non-hydrogen) atoms. The van der Waals surface area contributed by atoms with Gasteiger partial charge in [-0.3, -0.25) is 14.5 Å². The van der Waals surface area contributed by atoms with Gasteiger partial charge in [-0.05, 0) is 48.9 Å². The molecule has 6 heteroatoms. The predicted molar refractivity (Wildman–Crippen MR) is 121 cm³/mol. The summed E-state index contributed by atoms with van der Waals surface area (Å²) in [5, 5.41) is 15.2. The van der Waals surface area contributed by atoms with Gasteiger partial charge < -0.3 is 10.0 Å². The molecule has 2 atom stereocenters. The highest BCUT2D eigenvalue weighted by molar-refractivity contribution is 5.98. The Labute approximate surface area is 183 Å². The number of carbonyl (C=O) groups excluding carboxylic acids is 1. The van der Waals surface area contributed by atoms with Crippen molar-refractivity contribution in [3.63, 3.8) is 0 Å². The van der Waals surface area contributed by atoms with Crippen LogP contribution in [0.2, 0.25) is 0 Å². The van der Waals surface area contributed by atoms with Crippen molar-refractivity contribution < 1.29 is 9.90 Å². The zero-order valence-electron chi connectivity index (χ0n) is 18.4. The van der Waals surface area contributed by atoms with E-state index in [1.807, 2.05) is 48.1 Å². The fourth-order valence-electron chi connectivity index (χ4n) is 4.25. The first-order valence-electron chi connectivity index (χ1n) is 11.0. The van der Waals surface area contributed by atoms with Gasteiger partial charge in [0.1, 0.15) is 0 Å². The Balaban J connectivity index is 1.72. The Hall–Kier alpha value is -2.99. The third-order valence-corrected chi connectivity index (χ3v) is 6.04. The summed E-state index contributed by atoms with van der Waals surface area (Å²) in [5.74, 6) is -0.382. The molecule has 0 unspecified atom stereocenters. The average molecular weight is 419 g/mol. The lowest BCUT2D eigenvalue weighted by Crippen LogP contribution is -2.41. The van der Waals surface area contributed by atoms with E-state index in [4.69, 9.17) is 0 Å². The van der Waals surface area contributed by atoms with Gasteiger partial charge in [0.25, 0.3) is 0 Å². The maximum Gasteiger partial charge on any atom is 0.237 e. The highest BCUT2D eigenvalue weighted by Gasteiger charge is 2.37. The van der Waals surface area contributed by atoms with Crippen LogP contribution >= 0.6 is 0 Å². The Morgan fingerprint density at radius 2 is 2.03 bits per heavy atom. The van der Waals surface area contributed by atoms with Crippen LogP contribution in [0.1, 0.15) is 61.4 Å². The summed E-state index contributed by atoms with van der Waals surface area (Å²) in [5.41, 5.74) is 4.72. The Bertz CT molecular complexity index is 1040. The van der Waals surface area contributed by atoms with Gasteiger partial charge in [0, 0.05) is 24.0 Å². The third kappa shape index (κ3) is 4.39. The van der Waals surface area contributed by atoms with Gasteiger partial charge in [0.05, 0.1) is 36.6 Å². The Kier molecular flexibility index (Phi) is 6.18. The number of fused-ring (bicyclic) bond motifs is 1. The van der Waals surface area contributed by atoms with E-state index in [1.54, 1.807) is 17.3 Å². The number of aliphatic hydroxyl groups is 1. The average Bonchev–Trinajstić information content (AvgIpc) is 3.25. The molecule has 1 amide bonds. The zero-order valence-corrected chi connectivity index (χ0v) is 18.4. The number of pyridine rings is 1. The largest absolute Gasteiger partial charge is 0.392 e. The van der Waals surface area contributed by atoms with Crippen molar-refractivity contribution >= 4 is 11.6 Å². The topological polar surface area (TPSA) is 71.2 Å². The minimum Gasteiger partial charge on any atom is -0.392 e. The lowest BCUT2D eigenvalue weighted by Gasteiger charge is -2.34. The van der Waals surface area contributed by atoms with Crippen molar-refractivity contribution in [3.8, 4) is 0 Å². The number of anilines is 1. The van der Waals surface area contributed by atoms with Crippen molar-refractivity contribution in [3.05, 3.63) is 77.4 Å². The number of hydrogen-bond acceptors (Lipinski definition) is 4. The fraction of sp³-hybridized carbons (Fsp3) is 0.400. The van der Waals surface area contributed by atoms with Gasteiger partial charge in [-0.2, -0.15) is 5.10 Å². The van der Waals surface area contributed by atoms with Crippen molar-refractivity contribution in [1.82, 2.24) is 14.8 Å². The van der Waals surface area contributed by atoms with Gasteiger partial charge in [-0.1, -0.05) is 38.1 Å². The molecule has 0 bridgehead atoms. The number of amides is 1. The quantitative estimate of drug-likeness (QED) is 0.656. The molecule has 0 saturated carbocycles. The molecule has 2 heterocycles. The number of aliphatic hydroxyl groups excluding tert-OH is 1. The molecule has 6 nitrogen and oxygen atoms in total. The molecule has 0 radical (unpaired) electrons. The van der Waals surface area contributed by atoms with E-state index in [2.05, 4.69) is 30.0 Å². The summed E-state index contributed by atoms with van der Waals surface area (Å²) < 4.78 is 1.85. The first-order chi connectivity index (χ1) is 15.0. The minimum absolute atomic E-state index is 0.108. The minimum atomic E-state index is -0.703. The standard InChI is InChI=1S/C25H30N4O2/c1-4-28-15-18(13-27-28)16-29(20-10-11-22(17(2)3)26-14-20)25(31)24-21-8-6-5-7-19(21)9-12-23(24)30/h5-8,10-11,13-15,17,23-24,30H,4,9,12,16H2,1-3H3/t23-,24-/m0/s1. The number of aryl methyl sites for hydroxylation is 2. The van der Waals surface area contributed by atoms with Crippen molar-refractivity contribution in [2.75, 3.05) is 4.90 Å². The maximum atomic E-state index is 13.9. The number of aromatic nitrogens is 3. The summed E-state index contributed by atoms with van der Waals surface area (Å²) in [6.45, 7) is 7.38. The van der Waals surface area contributed by atoms with Crippen LogP contribution in [-0.2, 0) is 24.3 Å². The third-order valence-electron chi connectivity index (χ3n) is 6.04. The van der Waals surface area contributed by atoms with Crippen LogP contribution in [-0.4, -0.2) is 31.9 Å². The fourth-order valence-corrected chi connectivity index (χ4v) is 4.25. The first-order valence-corrected chi connectivity index (χ1v) is 11.0. The zero-order chi connectivity index (χ0) is 22.0. The van der Waals surface area contributed by atoms with Crippen LogP contribution in [0.15, 0.2) is 55.0 Å². The van der Waals surface area contributed by atoms with E-state index in [0.29, 0.717) is 18.9 Å². The van der Waals surface area contributed by atoms with E-state index >= 15 is 0 Å². The molecule has 1 aromatic carbocycles. The SMILES string of the molecule is CCn1cc(CN(C(=O)[C@H]2c3ccccc3CC[C@@H]2O)c2ccc(C(C)C)nc2)cn1. The van der Waals surface area contributed by atoms with E-state index in [9.17, 15) is 9.90 Å². The predicted octanol–water partition coefficient (Wildman–Crippen LogP) is 4.05. The van der Waals surface area contributed by atoms with Crippen molar-refractivity contribution in [2.24, 2.45) is 0 Å². The Morgan fingerprint density at radius 3 is 2.71 bits per heavy atom. The van der Waals surface area contributed by atoms with E-state index in [0.717, 1.165) is 41.0 Å². The molecule has 2 aromatic heterocycles. The molecule has 0 spiro atoms. The van der Waals surface area contributed by atoms with Gasteiger partial charge in [0.2, 0.25) is 5.91 Å². The summed E-state index contributed by atoms with van der Waals surface area (Å²) in [7, 11) is 0. The Morgan fingerprint density at radius 1 is 1.23 bits per heavy atom. The molecule has 1 aliphatic rings. The molecule has 1 N–H and O–H groups in total. The monoisotopic (exact) mass is 418 g/mol. The smallest absolute Gasteiger partial charge is 0.237 e. The number of hydrogen-bond donors (Lipinski definition) is 1. The lowest BCUT2D eigenvalue weighted by atomic mass is 9.80. The van der Waals surface area contributed by atoms with Crippen LogP contribution in [0, 0.1) is 0 Å². The summed E-state index contributed by atoms with van der Waals surface area (Å²) in [6.07, 6.45) is 6.19. The summed E-state index contributed by atoms with van der Waals surface area (Å²) in [6, 6.07) is 11.9. The van der Waals surface area contributed by atoms with Gasteiger partial charge in [0.15, 0.2) is 0 Å². The molecular weight excluding hydrogens is 388 g/mol. The number of nitrogens with zero attached hydrogens (tertiary/aromatic N) is 4. The van der Waals surface area contributed by atoms with E-state index in [-0.39, 0.29) is 5.91 Å². The molecule has 162 valence electrons. The molecule has 4 rings (SSSR count). The molecule has 0 saturated heterocycles. The summed E-state index contributed by atoms with van der Waals surface area (Å²) >= 11 is 0. The molecule has 0 fully saturated rings. The molecule has 0 aliphatic heterocycles. The summed E-state index contributed by atoms with van der Waals surface area (Å²) in [4.78, 5) is 20.2. The lowest BCUT2D eigenvalue weighted by molar-refractivity contribution is -0.123. The van der Waals surface area contributed by atoms with Crippen LogP contribution in [0.3, 0.4) is 0 Å². The molecular formula is C25H30N4O2. The first kappa shape index (κ1) is 21.2. The normalized spacial score (nSPS) is 18.1. The van der Waals surface area contributed by atoms with Crippen LogP contribution in [0.25, 0.3) is 0 Å². The highest BCUT2D eigenvalue weighted by Crippen LogP contribution is 2.35. The van der Waals surface area contributed by atoms with Crippen LogP contribution < -0.4 is 4.90 Å². The van der Waals surface area contributed by atoms with Crippen molar-refractivity contribution in [2.45, 2.75) is 64.6 Å². The number of carbonyl (C=O) groups is 1. The maximum absolute atomic E-state index is 13.9. The van der Waals surface area contributed by atoms with Crippen molar-refractivity contribution in [1.29, 1.82) is 0 Å². The van der Waals surface area contributed by atoms with Gasteiger partial charge in [-0.15, -0.1) is 0 Å². The molecule has 1 aliphatic carbocycles. The number of benzene rings is 1. The molecule has 3 aromatic rings. The second kappa shape index (κ2) is 9.02. The van der Waals surface area contributed by atoms with E-state index in [1.165, 1.54) is 0 Å². The van der Waals surface area contributed by atoms with Crippen LogP contribution in [0.4, 0.5) is 5.69 Å². The van der Waals surface area contributed by atoms with Gasteiger partial charge >= 0.3 is 0 Å². The van der Waals surface area contributed by atoms with Crippen LogP contribution in [0.5, 0.6) is 0 Å².